The Morgan fingerprint density at radius 3 is 2.54 bits per heavy atom. The van der Waals surface area contributed by atoms with Gasteiger partial charge in [-0.2, -0.15) is 0 Å². The van der Waals surface area contributed by atoms with Gasteiger partial charge in [-0.05, 0) is 42.5 Å². The van der Waals surface area contributed by atoms with E-state index in [2.05, 4.69) is 0 Å². The largest absolute Gasteiger partial charge is 0.396 e. The number of halogens is 1. The Morgan fingerprint density at radius 1 is 1.04 bits per heavy atom. The number of anilines is 1. The summed E-state index contributed by atoms with van der Waals surface area (Å²) in [5.74, 6) is -1.36. The topological polar surface area (TPSA) is 60.9 Å². The van der Waals surface area contributed by atoms with Gasteiger partial charge in [-0.15, -0.1) is 0 Å². The van der Waals surface area contributed by atoms with Crippen LogP contribution in [0.5, 0.6) is 0 Å². The molecule has 4 rings (SSSR count). The fourth-order valence-electron chi connectivity index (χ4n) is 3.94. The highest BCUT2D eigenvalue weighted by atomic mass is 19.1. The van der Waals surface area contributed by atoms with Crippen LogP contribution >= 0.6 is 0 Å². The van der Waals surface area contributed by atoms with Crippen LogP contribution in [0.2, 0.25) is 0 Å². The van der Waals surface area contributed by atoms with E-state index in [-0.39, 0.29) is 18.2 Å². The number of amides is 2. The average molecular weight is 380 g/mol. The van der Waals surface area contributed by atoms with Crippen molar-refractivity contribution in [2.24, 2.45) is 5.92 Å². The van der Waals surface area contributed by atoms with Gasteiger partial charge in [-0.25, -0.2) is 9.29 Å². The fourth-order valence-corrected chi connectivity index (χ4v) is 3.94. The monoisotopic (exact) mass is 380 g/mol. The van der Waals surface area contributed by atoms with Crippen molar-refractivity contribution in [2.75, 3.05) is 24.6 Å². The quantitative estimate of drug-likeness (QED) is 0.829. The molecule has 0 saturated carbocycles. The molecule has 28 heavy (non-hydrogen) atoms. The van der Waals surface area contributed by atoms with Gasteiger partial charge in [-0.3, -0.25) is 9.59 Å². The molecular formula is C22H21FN2O3. The Hall–Kier alpha value is -2.99. The molecule has 2 aromatic rings. The number of aliphatic hydroxyl groups is 1. The van der Waals surface area contributed by atoms with Crippen molar-refractivity contribution in [3.63, 3.8) is 0 Å². The third kappa shape index (κ3) is 3.20. The number of nitrogens with zero attached hydrogens (tertiary/aromatic N) is 2. The van der Waals surface area contributed by atoms with Crippen molar-refractivity contribution >= 4 is 23.1 Å². The highest BCUT2D eigenvalue weighted by Gasteiger charge is 2.43. The number of imide groups is 1. The number of rotatable bonds is 4. The Balaban J connectivity index is 1.81. The van der Waals surface area contributed by atoms with Crippen LogP contribution in [0.4, 0.5) is 10.1 Å². The summed E-state index contributed by atoms with van der Waals surface area (Å²) in [7, 11) is 0. The molecule has 1 atom stereocenters. The number of hydrogen-bond donors (Lipinski definition) is 1. The van der Waals surface area contributed by atoms with Crippen LogP contribution in [0.15, 0.2) is 60.3 Å². The maximum absolute atomic E-state index is 13.7. The van der Waals surface area contributed by atoms with Crippen LogP contribution in [0.1, 0.15) is 18.4 Å². The Labute approximate surface area is 162 Å². The van der Waals surface area contributed by atoms with Crippen molar-refractivity contribution in [3.8, 4) is 0 Å². The molecule has 1 fully saturated rings. The highest BCUT2D eigenvalue weighted by Crippen LogP contribution is 2.36. The second-order valence-electron chi connectivity index (χ2n) is 7.15. The minimum atomic E-state index is -0.508. The number of hydrogen-bond acceptors (Lipinski definition) is 4. The number of benzene rings is 2. The lowest BCUT2D eigenvalue weighted by molar-refractivity contribution is -0.120. The highest BCUT2D eigenvalue weighted by molar-refractivity contribution is 6.45. The molecule has 144 valence electrons. The minimum absolute atomic E-state index is 0.0419. The summed E-state index contributed by atoms with van der Waals surface area (Å²) >= 11 is 0. The first-order valence-electron chi connectivity index (χ1n) is 9.40. The van der Waals surface area contributed by atoms with Crippen molar-refractivity contribution in [1.29, 1.82) is 0 Å². The molecule has 1 N–H and O–H groups in total. The summed E-state index contributed by atoms with van der Waals surface area (Å²) in [5.41, 5.74) is 1.53. The van der Waals surface area contributed by atoms with Crippen LogP contribution in [0, 0.1) is 11.7 Å². The summed E-state index contributed by atoms with van der Waals surface area (Å²) in [6.45, 7) is 1.19. The van der Waals surface area contributed by atoms with Crippen LogP contribution in [0.3, 0.4) is 0 Å². The second-order valence-corrected chi connectivity index (χ2v) is 7.15. The van der Waals surface area contributed by atoms with Gasteiger partial charge in [0.05, 0.1) is 11.3 Å². The van der Waals surface area contributed by atoms with E-state index < -0.39 is 17.6 Å². The molecule has 2 aliphatic rings. The van der Waals surface area contributed by atoms with E-state index in [9.17, 15) is 19.1 Å². The molecule has 1 unspecified atom stereocenters. The zero-order valence-corrected chi connectivity index (χ0v) is 15.3. The van der Waals surface area contributed by atoms with Crippen molar-refractivity contribution < 1.29 is 19.1 Å². The predicted octanol–water partition coefficient (Wildman–Crippen LogP) is 2.81. The molecule has 0 aromatic heterocycles. The van der Waals surface area contributed by atoms with Crippen LogP contribution < -0.4 is 4.90 Å². The zero-order valence-electron chi connectivity index (χ0n) is 15.3. The Bertz CT molecular complexity index is 942. The Kier molecular flexibility index (Phi) is 4.96. The molecule has 1 saturated heterocycles. The summed E-state index contributed by atoms with van der Waals surface area (Å²) < 4.78 is 13.7. The van der Waals surface area contributed by atoms with Gasteiger partial charge in [0.15, 0.2) is 0 Å². The van der Waals surface area contributed by atoms with E-state index >= 15 is 0 Å². The second kappa shape index (κ2) is 7.56. The van der Waals surface area contributed by atoms with Crippen LogP contribution in [-0.2, 0) is 9.59 Å². The molecular weight excluding hydrogens is 359 g/mol. The third-order valence-electron chi connectivity index (χ3n) is 5.28. The molecule has 2 amide bonds. The fraction of sp³-hybridized carbons (Fsp3) is 0.273. The number of piperidine rings is 1. The summed E-state index contributed by atoms with van der Waals surface area (Å²) in [4.78, 5) is 29.5. The van der Waals surface area contributed by atoms with Gasteiger partial charge in [0.2, 0.25) is 0 Å². The lowest BCUT2D eigenvalue weighted by Crippen LogP contribution is -2.40. The van der Waals surface area contributed by atoms with Gasteiger partial charge in [0, 0.05) is 19.7 Å². The van der Waals surface area contributed by atoms with E-state index in [1.165, 1.54) is 18.2 Å². The van der Waals surface area contributed by atoms with Crippen LogP contribution in [0.25, 0.3) is 5.57 Å². The standard InChI is InChI=1S/C22H21FN2O3/c23-17-9-4-10-18(12-17)25-21(27)19(16-7-2-1-3-8-16)20(22(25)28)24-11-5-6-15(13-24)14-26/h1-4,7-10,12,15,26H,5-6,11,13-14H2. The van der Waals surface area contributed by atoms with Gasteiger partial charge in [0.25, 0.3) is 11.8 Å². The number of aliphatic hydroxyl groups excluding tert-OH is 1. The third-order valence-corrected chi connectivity index (χ3v) is 5.28. The van der Waals surface area contributed by atoms with E-state index in [0.29, 0.717) is 29.9 Å². The molecule has 2 aliphatic heterocycles. The van der Waals surface area contributed by atoms with Crippen molar-refractivity contribution in [1.82, 2.24) is 4.90 Å². The maximum atomic E-state index is 13.7. The average Bonchev–Trinajstić information content (AvgIpc) is 2.99. The molecule has 0 spiro atoms. The first kappa shape index (κ1) is 18.4. The van der Waals surface area contributed by atoms with Gasteiger partial charge in [-0.1, -0.05) is 36.4 Å². The normalized spacial score (nSPS) is 20.3. The Morgan fingerprint density at radius 2 is 1.82 bits per heavy atom. The SMILES string of the molecule is O=C1C(c2ccccc2)=C(N2CCCC(CO)C2)C(=O)N1c1cccc(F)c1. The maximum Gasteiger partial charge on any atom is 0.282 e. The lowest BCUT2D eigenvalue weighted by atomic mass is 9.97. The molecule has 2 heterocycles. The molecule has 2 aromatic carbocycles. The van der Waals surface area contributed by atoms with Crippen LogP contribution in [-0.4, -0.2) is 41.5 Å². The number of likely N-dealkylation sites (tertiary alicyclic amines) is 1. The lowest BCUT2D eigenvalue weighted by Gasteiger charge is -2.34. The van der Waals surface area contributed by atoms with E-state index in [4.69, 9.17) is 0 Å². The first-order chi connectivity index (χ1) is 13.6. The zero-order chi connectivity index (χ0) is 19.7. The van der Waals surface area contributed by atoms with Crippen molar-refractivity contribution in [2.45, 2.75) is 12.8 Å². The molecule has 6 heteroatoms. The smallest absolute Gasteiger partial charge is 0.282 e. The van der Waals surface area contributed by atoms with Gasteiger partial charge < -0.3 is 10.0 Å². The van der Waals surface area contributed by atoms with Gasteiger partial charge >= 0.3 is 0 Å². The summed E-state index contributed by atoms with van der Waals surface area (Å²) in [6.07, 6.45) is 1.72. The first-order valence-corrected chi connectivity index (χ1v) is 9.40. The summed E-state index contributed by atoms with van der Waals surface area (Å²) in [6, 6.07) is 14.6. The molecule has 0 radical (unpaired) electrons. The van der Waals surface area contributed by atoms with Crippen molar-refractivity contribution in [3.05, 3.63) is 71.7 Å². The molecule has 5 nitrogen and oxygen atoms in total. The molecule has 0 bridgehead atoms. The number of carbonyl (C=O) groups is 2. The van der Waals surface area contributed by atoms with E-state index in [1.807, 2.05) is 23.1 Å². The van der Waals surface area contributed by atoms with Gasteiger partial charge in [0.1, 0.15) is 11.5 Å². The summed E-state index contributed by atoms with van der Waals surface area (Å²) in [5, 5.41) is 9.57. The predicted molar refractivity (Wildman–Crippen MR) is 104 cm³/mol. The number of carbonyl (C=O) groups excluding carboxylic acids is 2. The van der Waals surface area contributed by atoms with E-state index in [1.54, 1.807) is 18.2 Å². The molecule has 0 aliphatic carbocycles. The van der Waals surface area contributed by atoms with E-state index in [0.717, 1.165) is 17.7 Å². The minimum Gasteiger partial charge on any atom is -0.396 e.